The first kappa shape index (κ1) is 27.0. The molecule has 0 heterocycles. The molecule has 202 valence electrons. The minimum Gasteiger partial charge on any atom is -0.744 e. The molecule has 8 heteroatoms. The van der Waals surface area contributed by atoms with Gasteiger partial charge in [-0.1, -0.05) is 54.6 Å². The molecule has 5 rings (SSSR count). The molecule has 1 atom stereocenters. The van der Waals surface area contributed by atoms with Crippen LogP contribution in [0.4, 0.5) is 28.4 Å². The van der Waals surface area contributed by atoms with E-state index in [1.54, 1.807) is 6.07 Å². The van der Waals surface area contributed by atoms with Crippen LogP contribution in [0.25, 0.3) is 0 Å². The van der Waals surface area contributed by atoms with Gasteiger partial charge in [0.2, 0.25) is 0 Å². The number of rotatable bonds is 8. The van der Waals surface area contributed by atoms with E-state index in [-0.39, 0.29) is 4.90 Å². The fourth-order valence-corrected chi connectivity index (χ4v) is 5.02. The number of para-hydroxylation sites is 1. The van der Waals surface area contributed by atoms with Crippen molar-refractivity contribution in [1.29, 1.82) is 0 Å². The third kappa shape index (κ3) is 5.69. The van der Waals surface area contributed by atoms with Crippen molar-refractivity contribution >= 4 is 38.6 Å². The molecule has 0 aliphatic carbocycles. The number of aryl methyl sites for hydroxylation is 1. The Bertz CT molecular complexity index is 1720. The SMILES string of the molecule is Cc1cc(C(O)(c2ccc(Nc3ccccc3)cc2)c2ccc(Nc3ccc(S(=O)(=O)[O-])cc3)cc2)ccc1N. The number of nitrogen functional groups attached to an aromatic ring is 1. The first-order chi connectivity index (χ1) is 19.1. The highest BCUT2D eigenvalue weighted by atomic mass is 32.2. The third-order valence-electron chi connectivity index (χ3n) is 6.79. The summed E-state index contributed by atoms with van der Waals surface area (Å²) in [6, 6.07) is 35.9. The number of nitrogens with one attached hydrogen (secondary N) is 2. The largest absolute Gasteiger partial charge is 0.744 e. The van der Waals surface area contributed by atoms with Crippen molar-refractivity contribution in [3.63, 3.8) is 0 Å². The highest BCUT2D eigenvalue weighted by Crippen LogP contribution is 2.39. The van der Waals surface area contributed by atoms with Gasteiger partial charge >= 0.3 is 0 Å². The summed E-state index contributed by atoms with van der Waals surface area (Å²) in [6.07, 6.45) is 0. The van der Waals surface area contributed by atoms with Crippen molar-refractivity contribution in [1.82, 2.24) is 0 Å². The smallest absolute Gasteiger partial charge is 0.140 e. The van der Waals surface area contributed by atoms with Gasteiger partial charge in [0.05, 0.1) is 4.90 Å². The maximum atomic E-state index is 12.3. The Balaban J connectivity index is 1.47. The third-order valence-corrected chi connectivity index (χ3v) is 7.64. The van der Waals surface area contributed by atoms with Gasteiger partial charge in [-0.15, -0.1) is 0 Å². The summed E-state index contributed by atoms with van der Waals surface area (Å²) in [4.78, 5) is -0.290. The second-order valence-corrected chi connectivity index (χ2v) is 10.9. The van der Waals surface area contributed by atoms with Gasteiger partial charge in [0.15, 0.2) is 0 Å². The van der Waals surface area contributed by atoms with Crippen LogP contribution < -0.4 is 16.4 Å². The quantitative estimate of drug-likeness (QED) is 0.102. The molecule has 0 radical (unpaired) electrons. The molecule has 40 heavy (non-hydrogen) atoms. The molecule has 0 aliphatic heterocycles. The molecule has 0 spiro atoms. The van der Waals surface area contributed by atoms with Crippen molar-refractivity contribution in [2.75, 3.05) is 16.4 Å². The second kappa shape index (κ2) is 10.9. The van der Waals surface area contributed by atoms with Crippen molar-refractivity contribution in [3.8, 4) is 0 Å². The number of hydrogen-bond donors (Lipinski definition) is 4. The molecule has 0 fully saturated rings. The van der Waals surface area contributed by atoms with Crippen LogP contribution in [0.2, 0.25) is 0 Å². The lowest BCUT2D eigenvalue weighted by Crippen LogP contribution is -2.29. The molecular formula is C32H28N3O4S-. The van der Waals surface area contributed by atoms with Crippen molar-refractivity contribution in [3.05, 3.63) is 144 Å². The molecule has 1 unspecified atom stereocenters. The number of anilines is 5. The monoisotopic (exact) mass is 550 g/mol. The van der Waals surface area contributed by atoms with Crippen molar-refractivity contribution < 1.29 is 18.1 Å². The van der Waals surface area contributed by atoms with Gasteiger partial charge in [0, 0.05) is 28.4 Å². The fraction of sp³-hybridized carbons (Fsp3) is 0.0625. The summed E-state index contributed by atoms with van der Waals surface area (Å²) in [5.41, 5.74) is 11.3. The average Bonchev–Trinajstić information content (AvgIpc) is 2.95. The van der Waals surface area contributed by atoms with E-state index in [9.17, 15) is 18.1 Å². The van der Waals surface area contributed by atoms with Crippen LogP contribution in [0, 0.1) is 6.92 Å². The molecule has 7 nitrogen and oxygen atoms in total. The highest BCUT2D eigenvalue weighted by molar-refractivity contribution is 7.85. The Labute approximate surface area is 233 Å². The van der Waals surface area contributed by atoms with Crippen LogP contribution in [0.1, 0.15) is 22.3 Å². The van der Waals surface area contributed by atoms with Gasteiger partial charge in [-0.3, -0.25) is 0 Å². The van der Waals surface area contributed by atoms with E-state index in [2.05, 4.69) is 10.6 Å². The first-order valence-corrected chi connectivity index (χ1v) is 14.0. The zero-order valence-electron chi connectivity index (χ0n) is 21.7. The van der Waals surface area contributed by atoms with Crippen LogP contribution in [-0.2, 0) is 15.7 Å². The molecule has 0 aliphatic rings. The molecule has 0 saturated carbocycles. The predicted octanol–water partition coefficient (Wildman–Crippen LogP) is 6.25. The standard InChI is InChI=1S/C32H29N3O4S/c1-22-21-25(11-20-31(22)33)32(36,23-7-12-27(13-8-23)34-26-5-3-2-4-6-26)24-9-14-28(15-10-24)35-29-16-18-30(19-17-29)40(37,38)39/h2-21,34-36H,33H2,1H3,(H,37,38,39)/p-1. The van der Waals surface area contributed by atoms with Gasteiger partial charge < -0.3 is 26.0 Å². The summed E-state index contributed by atoms with van der Waals surface area (Å²) < 4.78 is 33.6. The topological polar surface area (TPSA) is 128 Å². The molecule has 5 N–H and O–H groups in total. The number of aliphatic hydroxyl groups is 1. The summed E-state index contributed by atoms with van der Waals surface area (Å²) >= 11 is 0. The van der Waals surface area contributed by atoms with E-state index in [0.29, 0.717) is 28.1 Å². The Morgan fingerprint density at radius 2 is 1.07 bits per heavy atom. The van der Waals surface area contributed by atoms with Crippen LogP contribution in [-0.4, -0.2) is 18.1 Å². The summed E-state index contributed by atoms with van der Waals surface area (Å²) in [6.45, 7) is 1.91. The van der Waals surface area contributed by atoms with Crippen molar-refractivity contribution in [2.24, 2.45) is 0 Å². The Kier molecular flexibility index (Phi) is 7.32. The Morgan fingerprint density at radius 3 is 1.52 bits per heavy atom. The predicted molar refractivity (Wildman–Crippen MR) is 158 cm³/mol. The second-order valence-electron chi connectivity index (χ2n) is 9.53. The zero-order valence-corrected chi connectivity index (χ0v) is 22.5. The molecule has 0 amide bonds. The normalized spacial score (nSPS) is 12.9. The minimum absolute atomic E-state index is 0.290. The number of hydrogen-bond acceptors (Lipinski definition) is 7. The van der Waals surface area contributed by atoms with Crippen LogP contribution >= 0.6 is 0 Å². The van der Waals surface area contributed by atoms with Crippen LogP contribution in [0.5, 0.6) is 0 Å². The Morgan fingerprint density at radius 1 is 0.650 bits per heavy atom. The lowest BCUT2D eigenvalue weighted by atomic mass is 9.79. The fourth-order valence-electron chi connectivity index (χ4n) is 4.55. The molecule has 0 aromatic heterocycles. The molecule has 5 aromatic rings. The highest BCUT2D eigenvalue weighted by Gasteiger charge is 2.34. The lowest BCUT2D eigenvalue weighted by molar-refractivity contribution is 0.125. The lowest BCUT2D eigenvalue weighted by Gasteiger charge is -2.31. The maximum Gasteiger partial charge on any atom is 0.140 e. The van der Waals surface area contributed by atoms with E-state index >= 15 is 0 Å². The van der Waals surface area contributed by atoms with E-state index < -0.39 is 15.7 Å². The van der Waals surface area contributed by atoms with E-state index in [1.807, 2.05) is 97.9 Å². The average molecular weight is 551 g/mol. The van der Waals surface area contributed by atoms with Crippen LogP contribution in [0.15, 0.2) is 126 Å². The first-order valence-electron chi connectivity index (χ1n) is 12.6. The van der Waals surface area contributed by atoms with Crippen molar-refractivity contribution in [2.45, 2.75) is 17.4 Å². The maximum absolute atomic E-state index is 12.3. The van der Waals surface area contributed by atoms with E-state index in [0.717, 1.165) is 22.6 Å². The summed E-state index contributed by atoms with van der Waals surface area (Å²) in [5, 5.41) is 18.9. The van der Waals surface area contributed by atoms with Gasteiger partial charge in [-0.2, -0.15) is 0 Å². The zero-order chi connectivity index (χ0) is 28.3. The molecule has 0 bridgehead atoms. The van der Waals surface area contributed by atoms with Gasteiger partial charge in [0.25, 0.3) is 0 Å². The van der Waals surface area contributed by atoms with E-state index in [4.69, 9.17) is 5.73 Å². The number of benzene rings is 5. The molecule has 0 saturated heterocycles. The number of nitrogens with two attached hydrogens (primary N) is 1. The Hall–Kier alpha value is -4.63. The van der Waals surface area contributed by atoms with E-state index in [1.165, 1.54) is 24.3 Å². The summed E-state index contributed by atoms with van der Waals surface area (Å²) in [7, 11) is -4.51. The summed E-state index contributed by atoms with van der Waals surface area (Å²) in [5.74, 6) is 0. The van der Waals surface area contributed by atoms with Gasteiger partial charge in [0.1, 0.15) is 15.7 Å². The van der Waals surface area contributed by atoms with Crippen LogP contribution in [0.3, 0.4) is 0 Å². The molecular weight excluding hydrogens is 522 g/mol. The van der Waals surface area contributed by atoms with Gasteiger partial charge in [-0.05, 0) is 95.9 Å². The molecule has 5 aromatic carbocycles. The minimum atomic E-state index is -4.51. The van der Waals surface area contributed by atoms with Gasteiger partial charge in [-0.25, -0.2) is 8.42 Å².